The number of rotatable bonds is 7. The molecule has 3 rings (SSSR count). The summed E-state index contributed by atoms with van der Waals surface area (Å²) in [5, 5.41) is 15.5. The van der Waals surface area contributed by atoms with Crippen LogP contribution in [0.25, 0.3) is 0 Å². The van der Waals surface area contributed by atoms with E-state index in [-0.39, 0.29) is 17.2 Å². The fourth-order valence-corrected chi connectivity index (χ4v) is 4.20. The monoisotopic (exact) mass is 481 g/mol. The summed E-state index contributed by atoms with van der Waals surface area (Å²) in [6.07, 6.45) is 0. The van der Waals surface area contributed by atoms with Crippen LogP contribution >= 0.6 is 0 Å². The van der Waals surface area contributed by atoms with Gasteiger partial charge in [-0.3, -0.25) is 9.59 Å². The molecule has 0 spiro atoms. The highest BCUT2D eigenvalue weighted by Gasteiger charge is 2.33. The first-order valence-electron chi connectivity index (χ1n) is 12.2. The van der Waals surface area contributed by atoms with Gasteiger partial charge in [0.25, 0.3) is 5.91 Å². The number of amides is 2. The molecule has 0 aliphatic carbocycles. The van der Waals surface area contributed by atoms with E-state index in [4.69, 9.17) is 0 Å². The smallest absolute Gasteiger partial charge is 0.251 e. The van der Waals surface area contributed by atoms with Gasteiger partial charge < -0.3 is 10.6 Å². The average molecular weight is 482 g/mol. The van der Waals surface area contributed by atoms with Gasteiger partial charge in [0, 0.05) is 18.5 Å². The summed E-state index contributed by atoms with van der Waals surface area (Å²) in [6.45, 7) is 9.89. The van der Waals surface area contributed by atoms with E-state index in [0.717, 1.165) is 22.3 Å². The Labute approximate surface area is 214 Å². The lowest BCUT2D eigenvalue weighted by molar-refractivity contribution is -0.122. The summed E-state index contributed by atoms with van der Waals surface area (Å²) in [7, 11) is 1.57. The molecule has 0 radical (unpaired) electrons. The van der Waals surface area contributed by atoms with Gasteiger partial charge in [0.15, 0.2) is 0 Å². The lowest BCUT2D eigenvalue weighted by Crippen LogP contribution is -2.49. The van der Waals surface area contributed by atoms with Gasteiger partial charge in [-0.1, -0.05) is 87.5 Å². The molecule has 2 N–H and O–H groups in total. The van der Waals surface area contributed by atoms with Crippen LogP contribution in [0, 0.1) is 11.3 Å². The largest absolute Gasteiger partial charge is 0.357 e. The Kier molecular flexibility index (Phi) is 8.00. The SMILES string of the molecule is CNC(=O)C(NC(=O)c1cc(C(C)(C)C)cc(C(C)(C)C#N)c1)C(c1ccccc1)c1ccccc1. The molecule has 0 saturated carbocycles. The Morgan fingerprint density at radius 3 is 1.75 bits per heavy atom. The van der Waals surface area contributed by atoms with Gasteiger partial charge in [-0.25, -0.2) is 0 Å². The molecular formula is C31H35N3O2. The molecule has 1 unspecified atom stereocenters. The van der Waals surface area contributed by atoms with Crippen LogP contribution < -0.4 is 10.6 Å². The van der Waals surface area contributed by atoms with Crippen LogP contribution in [0.1, 0.15) is 73.1 Å². The highest BCUT2D eigenvalue weighted by atomic mass is 16.2. The summed E-state index contributed by atoms with van der Waals surface area (Å²) < 4.78 is 0. The predicted octanol–water partition coefficient (Wildman–Crippen LogP) is 5.46. The van der Waals surface area contributed by atoms with Crippen molar-refractivity contribution in [3.05, 3.63) is 107 Å². The minimum Gasteiger partial charge on any atom is -0.357 e. The zero-order chi connectivity index (χ0) is 26.5. The lowest BCUT2D eigenvalue weighted by Gasteiger charge is -2.29. The normalized spacial score (nSPS) is 12.5. The first-order valence-corrected chi connectivity index (χ1v) is 12.2. The maximum absolute atomic E-state index is 13.7. The van der Waals surface area contributed by atoms with Crippen molar-refractivity contribution in [1.82, 2.24) is 10.6 Å². The Bertz CT molecular complexity index is 1210. The first-order chi connectivity index (χ1) is 17.0. The fourth-order valence-electron chi connectivity index (χ4n) is 4.20. The number of hydrogen-bond acceptors (Lipinski definition) is 3. The maximum atomic E-state index is 13.7. The quantitative estimate of drug-likeness (QED) is 0.470. The number of likely N-dealkylation sites (N-methyl/N-ethyl adjacent to an activating group) is 1. The van der Waals surface area contributed by atoms with E-state index in [1.807, 2.05) is 86.6 Å². The van der Waals surface area contributed by atoms with Gasteiger partial charge in [-0.2, -0.15) is 5.26 Å². The van der Waals surface area contributed by atoms with Crippen LogP contribution in [0.15, 0.2) is 78.9 Å². The Morgan fingerprint density at radius 1 is 0.806 bits per heavy atom. The molecule has 3 aromatic carbocycles. The minimum atomic E-state index is -0.849. The molecule has 0 heterocycles. The number of hydrogen-bond donors (Lipinski definition) is 2. The molecule has 5 nitrogen and oxygen atoms in total. The molecule has 186 valence electrons. The number of carbonyl (C=O) groups is 2. The molecule has 0 aliphatic rings. The number of nitrogens with one attached hydrogen (secondary N) is 2. The first kappa shape index (κ1) is 26.7. The minimum absolute atomic E-state index is 0.229. The third-order valence-corrected chi connectivity index (χ3v) is 6.53. The number of nitriles is 1. The summed E-state index contributed by atoms with van der Waals surface area (Å²) in [5.74, 6) is -1.04. The summed E-state index contributed by atoms with van der Waals surface area (Å²) in [5.41, 5.74) is 2.99. The Balaban J connectivity index is 2.10. The molecule has 0 aliphatic heterocycles. The number of nitrogens with zero attached hydrogens (tertiary/aromatic N) is 1. The molecule has 0 aromatic heterocycles. The van der Waals surface area contributed by atoms with Crippen LogP contribution in [0.3, 0.4) is 0 Å². The standard InChI is InChI=1S/C31H35N3O2/c1-30(2,3)24-17-23(18-25(19-24)31(4,5)20-32)28(35)34-27(29(36)33-6)26(21-13-9-7-10-14-21)22-15-11-8-12-16-22/h7-19,26-27H,1-6H3,(H,33,36)(H,34,35). The van der Waals surface area contributed by atoms with Gasteiger partial charge >= 0.3 is 0 Å². The third-order valence-electron chi connectivity index (χ3n) is 6.53. The second-order valence-electron chi connectivity index (χ2n) is 10.7. The van der Waals surface area contributed by atoms with E-state index in [9.17, 15) is 14.9 Å². The molecule has 0 saturated heterocycles. The van der Waals surface area contributed by atoms with E-state index in [1.165, 1.54) is 0 Å². The molecule has 2 amide bonds. The van der Waals surface area contributed by atoms with Crippen molar-refractivity contribution in [3.8, 4) is 6.07 Å². The Morgan fingerprint density at radius 2 is 1.31 bits per heavy atom. The molecule has 0 bridgehead atoms. The highest BCUT2D eigenvalue weighted by molar-refractivity contribution is 5.98. The second-order valence-corrected chi connectivity index (χ2v) is 10.7. The number of benzene rings is 3. The topological polar surface area (TPSA) is 82.0 Å². The average Bonchev–Trinajstić information content (AvgIpc) is 2.88. The zero-order valence-electron chi connectivity index (χ0n) is 21.9. The zero-order valence-corrected chi connectivity index (χ0v) is 21.9. The van der Waals surface area contributed by atoms with Crippen molar-refractivity contribution in [1.29, 1.82) is 5.26 Å². The van der Waals surface area contributed by atoms with Crippen LogP contribution in [-0.4, -0.2) is 24.9 Å². The summed E-state index contributed by atoms with van der Waals surface area (Å²) in [4.78, 5) is 26.9. The van der Waals surface area contributed by atoms with Gasteiger partial charge in [-0.15, -0.1) is 0 Å². The van der Waals surface area contributed by atoms with E-state index in [2.05, 4.69) is 37.5 Å². The molecular weight excluding hydrogens is 446 g/mol. The number of carbonyl (C=O) groups excluding carboxylic acids is 2. The molecule has 1 atom stereocenters. The van der Waals surface area contributed by atoms with Crippen molar-refractivity contribution in [2.75, 3.05) is 7.05 Å². The van der Waals surface area contributed by atoms with Crippen molar-refractivity contribution < 1.29 is 9.59 Å². The van der Waals surface area contributed by atoms with Crippen molar-refractivity contribution in [3.63, 3.8) is 0 Å². The second kappa shape index (κ2) is 10.8. The van der Waals surface area contributed by atoms with Crippen molar-refractivity contribution in [2.45, 2.75) is 57.4 Å². The molecule has 0 fully saturated rings. The Hall–Kier alpha value is -3.91. The van der Waals surface area contributed by atoms with E-state index in [0.29, 0.717) is 5.56 Å². The maximum Gasteiger partial charge on any atom is 0.251 e. The van der Waals surface area contributed by atoms with Gasteiger partial charge in [0.1, 0.15) is 6.04 Å². The molecule has 3 aromatic rings. The third kappa shape index (κ3) is 6.01. The van der Waals surface area contributed by atoms with Crippen molar-refractivity contribution >= 4 is 11.8 Å². The highest BCUT2D eigenvalue weighted by Crippen LogP contribution is 2.32. The van der Waals surface area contributed by atoms with E-state index in [1.54, 1.807) is 13.1 Å². The summed E-state index contributed by atoms with van der Waals surface area (Å²) in [6, 6.07) is 26.5. The van der Waals surface area contributed by atoms with Crippen molar-refractivity contribution in [2.24, 2.45) is 0 Å². The molecule has 36 heavy (non-hydrogen) atoms. The van der Waals surface area contributed by atoms with Crippen LogP contribution in [-0.2, 0) is 15.6 Å². The summed E-state index contributed by atoms with van der Waals surface area (Å²) >= 11 is 0. The van der Waals surface area contributed by atoms with Gasteiger partial charge in [0.05, 0.1) is 11.5 Å². The van der Waals surface area contributed by atoms with Crippen LogP contribution in [0.4, 0.5) is 0 Å². The van der Waals surface area contributed by atoms with Gasteiger partial charge in [-0.05, 0) is 53.6 Å². The van der Waals surface area contributed by atoms with E-state index < -0.39 is 17.4 Å². The van der Waals surface area contributed by atoms with Gasteiger partial charge in [0.2, 0.25) is 5.91 Å². The lowest BCUT2D eigenvalue weighted by atomic mass is 9.79. The van der Waals surface area contributed by atoms with Crippen LogP contribution in [0.2, 0.25) is 0 Å². The fraction of sp³-hybridized carbons (Fsp3) is 0.323. The van der Waals surface area contributed by atoms with E-state index >= 15 is 0 Å². The molecule has 5 heteroatoms. The van der Waals surface area contributed by atoms with Crippen LogP contribution in [0.5, 0.6) is 0 Å². The predicted molar refractivity (Wildman–Crippen MR) is 144 cm³/mol.